The van der Waals surface area contributed by atoms with E-state index in [1.807, 2.05) is 0 Å². The quantitative estimate of drug-likeness (QED) is 0.819. The maximum atomic E-state index is 2.71. The first-order valence-electron chi connectivity index (χ1n) is 7.90. The van der Waals surface area contributed by atoms with Crippen molar-refractivity contribution in [2.75, 3.05) is 26.2 Å². The first kappa shape index (κ1) is 13.1. The largest absolute Gasteiger partial charge is 0.299 e. The molecule has 0 aromatic heterocycles. The fraction of sp³-hybridized carbons (Fsp3) is 0.647. The third kappa shape index (κ3) is 3.01. The van der Waals surface area contributed by atoms with E-state index in [0.717, 1.165) is 12.6 Å². The molecule has 3 rings (SSSR count). The highest BCUT2D eigenvalue weighted by Crippen LogP contribution is 2.23. The molecule has 19 heavy (non-hydrogen) atoms. The number of hydrogen-bond donors (Lipinski definition) is 0. The highest BCUT2D eigenvalue weighted by molar-refractivity contribution is 5.29. The van der Waals surface area contributed by atoms with Gasteiger partial charge in [-0.05, 0) is 49.9 Å². The van der Waals surface area contributed by atoms with E-state index < -0.39 is 0 Å². The highest BCUT2D eigenvalue weighted by Gasteiger charge is 2.26. The van der Waals surface area contributed by atoms with Crippen LogP contribution >= 0.6 is 0 Å². The molecule has 1 fully saturated rings. The normalized spacial score (nSPS) is 24.6. The molecule has 1 atom stereocenters. The molecule has 1 aromatic carbocycles. The number of fused-ring (bicyclic) bond motifs is 1. The lowest BCUT2D eigenvalue weighted by atomic mass is 9.99. The van der Waals surface area contributed by atoms with Crippen LogP contribution < -0.4 is 0 Å². The van der Waals surface area contributed by atoms with E-state index in [-0.39, 0.29) is 0 Å². The van der Waals surface area contributed by atoms with Crippen LogP contribution in [-0.4, -0.2) is 42.0 Å². The third-order valence-corrected chi connectivity index (χ3v) is 4.69. The Morgan fingerprint density at radius 3 is 2.84 bits per heavy atom. The molecule has 104 valence electrons. The van der Waals surface area contributed by atoms with Gasteiger partial charge >= 0.3 is 0 Å². The van der Waals surface area contributed by atoms with Gasteiger partial charge in [-0.2, -0.15) is 0 Å². The molecule has 0 unspecified atom stereocenters. The summed E-state index contributed by atoms with van der Waals surface area (Å²) in [6.45, 7) is 8.58. The van der Waals surface area contributed by atoms with Crippen molar-refractivity contribution in [3.63, 3.8) is 0 Å². The fourth-order valence-corrected chi connectivity index (χ4v) is 3.69. The Balaban J connectivity index is 1.60. The Kier molecular flexibility index (Phi) is 4.19. The Morgan fingerprint density at radius 2 is 2.00 bits per heavy atom. The second kappa shape index (κ2) is 6.06. The van der Waals surface area contributed by atoms with E-state index in [2.05, 4.69) is 41.0 Å². The second-order valence-corrected chi connectivity index (χ2v) is 6.09. The number of nitrogens with zero attached hydrogens (tertiary/aromatic N) is 2. The number of benzene rings is 1. The average Bonchev–Trinajstić information content (AvgIpc) is 2.86. The van der Waals surface area contributed by atoms with Crippen LogP contribution in [-0.2, 0) is 13.0 Å². The van der Waals surface area contributed by atoms with Crippen LogP contribution in [0.1, 0.15) is 37.3 Å². The molecule has 0 radical (unpaired) electrons. The van der Waals surface area contributed by atoms with Gasteiger partial charge in [0.25, 0.3) is 0 Å². The van der Waals surface area contributed by atoms with Gasteiger partial charge in [-0.15, -0.1) is 0 Å². The first-order chi connectivity index (χ1) is 9.36. The van der Waals surface area contributed by atoms with Crippen molar-refractivity contribution in [1.82, 2.24) is 9.80 Å². The topological polar surface area (TPSA) is 6.48 Å². The molecular weight excluding hydrogens is 232 g/mol. The summed E-state index contributed by atoms with van der Waals surface area (Å²) in [5.74, 6) is 0. The molecule has 0 aliphatic carbocycles. The van der Waals surface area contributed by atoms with Crippen molar-refractivity contribution >= 4 is 0 Å². The summed E-state index contributed by atoms with van der Waals surface area (Å²) >= 11 is 0. The molecule has 2 heterocycles. The fourth-order valence-electron chi connectivity index (χ4n) is 3.69. The predicted octanol–water partition coefficient (Wildman–Crippen LogP) is 2.92. The van der Waals surface area contributed by atoms with Crippen LogP contribution in [0.3, 0.4) is 0 Å². The number of hydrogen-bond acceptors (Lipinski definition) is 2. The van der Waals surface area contributed by atoms with Crippen LogP contribution in [0.25, 0.3) is 0 Å². The summed E-state index contributed by atoms with van der Waals surface area (Å²) in [7, 11) is 0. The first-order valence-corrected chi connectivity index (χ1v) is 7.90. The molecular formula is C17H26N2. The molecule has 0 N–H and O–H groups in total. The van der Waals surface area contributed by atoms with Gasteiger partial charge in [0.2, 0.25) is 0 Å². The van der Waals surface area contributed by atoms with Crippen molar-refractivity contribution in [1.29, 1.82) is 0 Å². The van der Waals surface area contributed by atoms with E-state index in [9.17, 15) is 0 Å². The summed E-state index contributed by atoms with van der Waals surface area (Å²) in [4.78, 5) is 5.38. The zero-order valence-electron chi connectivity index (χ0n) is 12.1. The molecule has 0 amide bonds. The third-order valence-electron chi connectivity index (χ3n) is 4.69. The van der Waals surface area contributed by atoms with Crippen molar-refractivity contribution < 1.29 is 0 Å². The van der Waals surface area contributed by atoms with Gasteiger partial charge in [-0.25, -0.2) is 0 Å². The summed E-state index contributed by atoms with van der Waals surface area (Å²) in [6.07, 6.45) is 5.32. The highest BCUT2D eigenvalue weighted by atomic mass is 15.2. The number of rotatable bonds is 4. The van der Waals surface area contributed by atoms with Crippen molar-refractivity contribution in [2.24, 2.45) is 0 Å². The Bertz CT molecular complexity index is 415. The molecule has 0 bridgehead atoms. The van der Waals surface area contributed by atoms with Gasteiger partial charge in [0.1, 0.15) is 0 Å². The molecule has 0 saturated carbocycles. The van der Waals surface area contributed by atoms with E-state index in [4.69, 9.17) is 0 Å². The Morgan fingerprint density at radius 1 is 1.16 bits per heavy atom. The monoisotopic (exact) mass is 258 g/mol. The Labute approximate surface area is 117 Å². The van der Waals surface area contributed by atoms with Crippen molar-refractivity contribution in [2.45, 2.75) is 45.2 Å². The van der Waals surface area contributed by atoms with Crippen molar-refractivity contribution in [3.05, 3.63) is 35.4 Å². The van der Waals surface area contributed by atoms with Crippen LogP contribution in [0.15, 0.2) is 24.3 Å². The average molecular weight is 258 g/mol. The SMILES string of the molecule is CCCN1CCC[C@H]1CN1CCc2ccccc2C1. The van der Waals surface area contributed by atoms with E-state index >= 15 is 0 Å². The number of likely N-dealkylation sites (tertiary alicyclic amines) is 1. The van der Waals surface area contributed by atoms with Gasteiger partial charge in [0.15, 0.2) is 0 Å². The lowest BCUT2D eigenvalue weighted by Gasteiger charge is -2.33. The van der Waals surface area contributed by atoms with Gasteiger partial charge in [0, 0.05) is 25.7 Å². The lowest BCUT2D eigenvalue weighted by molar-refractivity contribution is 0.162. The Hall–Kier alpha value is -0.860. The van der Waals surface area contributed by atoms with E-state index in [0.29, 0.717) is 0 Å². The maximum absolute atomic E-state index is 2.71. The minimum Gasteiger partial charge on any atom is -0.299 e. The molecule has 2 aliphatic rings. The van der Waals surface area contributed by atoms with Crippen LogP contribution in [0.2, 0.25) is 0 Å². The molecule has 1 saturated heterocycles. The van der Waals surface area contributed by atoms with Gasteiger partial charge < -0.3 is 0 Å². The van der Waals surface area contributed by atoms with E-state index in [1.165, 1.54) is 51.9 Å². The summed E-state index contributed by atoms with van der Waals surface area (Å²) < 4.78 is 0. The lowest BCUT2D eigenvalue weighted by Crippen LogP contribution is -2.42. The van der Waals surface area contributed by atoms with Gasteiger partial charge in [-0.1, -0.05) is 31.2 Å². The standard InChI is InChI=1S/C17H26N2/c1-2-10-19-11-5-8-17(19)14-18-12-9-15-6-3-4-7-16(15)13-18/h3-4,6-7,17H,2,5,8-14H2,1H3/t17-/m0/s1. The van der Waals surface area contributed by atoms with E-state index in [1.54, 1.807) is 11.1 Å². The molecule has 2 heteroatoms. The van der Waals surface area contributed by atoms with Gasteiger partial charge in [-0.3, -0.25) is 9.80 Å². The maximum Gasteiger partial charge on any atom is 0.0237 e. The van der Waals surface area contributed by atoms with Crippen LogP contribution in [0.5, 0.6) is 0 Å². The zero-order chi connectivity index (χ0) is 13.1. The summed E-state index contributed by atoms with van der Waals surface area (Å²) in [5.41, 5.74) is 3.12. The zero-order valence-corrected chi connectivity index (χ0v) is 12.1. The molecule has 2 aliphatic heterocycles. The minimum absolute atomic E-state index is 0.810. The van der Waals surface area contributed by atoms with Crippen LogP contribution in [0.4, 0.5) is 0 Å². The predicted molar refractivity (Wildman–Crippen MR) is 80.3 cm³/mol. The smallest absolute Gasteiger partial charge is 0.0237 e. The summed E-state index contributed by atoms with van der Waals surface area (Å²) in [5, 5.41) is 0. The summed E-state index contributed by atoms with van der Waals surface area (Å²) in [6, 6.07) is 9.77. The molecule has 1 aromatic rings. The molecule has 2 nitrogen and oxygen atoms in total. The minimum atomic E-state index is 0.810. The van der Waals surface area contributed by atoms with Crippen LogP contribution in [0, 0.1) is 0 Å². The van der Waals surface area contributed by atoms with Gasteiger partial charge in [0.05, 0.1) is 0 Å². The molecule has 0 spiro atoms. The second-order valence-electron chi connectivity index (χ2n) is 6.09. The van der Waals surface area contributed by atoms with Crippen molar-refractivity contribution in [3.8, 4) is 0 Å².